The quantitative estimate of drug-likeness (QED) is 0.291. The number of aliphatic hydroxyl groups is 2. The summed E-state index contributed by atoms with van der Waals surface area (Å²) in [6, 6.07) is 10.5. The molecule has 4 aromatic rings. The zero-order valence-corrected chi connectivity index (χ0v) is 25.4. The molecule has 5 heterocycles. The van der Waals surface area contributed by atoms with Gasteiger partial charge in [-0.3, -0.25) is 9.69 Å². The molecule has 3 aromatic heterocycles. The third kappa shape index (κ3) is 5.34. The molecule has 6 rings (SSSR count). The molecule has 0 unspecified atom stereocenters. The van der Waals surface area contributed by atoms with Gasteiger partial charge in [-0.15, -0.1) is 5.10 Å². The second kappa shape index (κ2) is 11.6. The maximum Gasteiger partial charge on any atom is 0.236 e. The molecule has 0 saturated carbocycles. The van der Waals surface area contributed by atoms with E-state index in [9.17, 15) is 20.3 Å². The lowest BCUT2D eigenvalue weighted by Gasteiger charge is -2.37. The Morgan fingerprint density at radius 3 is 2.62 bits per heavy atom. The fourth-order valence-corrected chi connectivity index (χ4v) is 7.21. The van der Waals surface area contributed by atoms with E-state index < -0.39 is 6.10 Å². The summed E-state index contributed by atoms with van der Waals surface area (Å²) in [5.41, 5.74) is 3.38. The lowest BCUT2D eigenvalue weighted by Crippen LogP contribution is -2.56. The Labute approximate surface area is 251 Å². The first-order valence-corrected chi connectivity index (χ1v) is 15.5. The van der Waals surface area contributed by atoms with Crippen molar-refractivity contribution in [2.24, 2.45) is 0 Å². The zero-order chi connectivity index (χ0) is 29.5. The highest BCUT2D eigenvalue weighted by Crippen LogP contribution is 2.38. The van der Waals surface area contributed by atoms with Crippen LogP contribution in [-0.2, 0) is 11.2 Å². The average molecular weight is 608 g/mol. The molecule has 2 saturated heterocycles. The monoisotopic (exact) mass is 607 g/mol. The Bertz CT molecular complexity index is 1630. The molecular weight excluding hydrogens is 575 g/mol. The van der Waals surface area contributed by atoms with E-state index in [1.165, 1.54) is 22.7 Å². The van der Waals surface area contributed by atoms with Crippen molar-refractivity contribution in [3.63, 3.8) is 0 Å². The van der Waals surface area contributed by atoms with E-state index in [4.69, 9.17) is 15.1 Å². The van der Waals surface area contributed by atoms with Crippen LogP contribution in [0.4, 0.5) is 16.1 Å². The van der Waals surface area contributed by atoms with E-state index in [0.717, 1.165) is 40.7 Å². The number of thiazole rings is 1. The lowest BCUT2D eigenvalue weighted by molar-refractivity contribution is -0.142. The van der Waals surface area contributed by atoms with E-state index in [1.54, 1.807) is 9.42 Å². The molecule has 1 amide bonds. The normalized spacial score (nSPS) is 17.3. The van der Waals surface area contributed by atoms with Gasteiger partial charge < -0.3 is 24.9 Å². The number of hydrogen-bond acceptors (Lipinski definition) is 12. The van der Waals surface area contributed by atoms with Crippen LogP contribution in [0.5, 0.6) is 0 Å². The van der Waals surface area contributed by atoms with Crippen molar-refractivity contribution in [2.75, 3.05) is 63.2 Å². The Kier molecular flexibility index (Phi) is 7.86. The van der Waals surface area contributed by atoms with Crippen LogP contribution < -0.4 is 9.80 Å². The smallest absolute Gasteiger partial charge is 0.236 e. The van der Waals surface area contributed by atoms with Crippen LogP contribution in [-0.4, -0.2) is 111 Å². The predicted octanol–water partition coefficient (Wildman–Crippen LogP) is 2.11. The van der Waals surface area contributed by atoms with Gasteiger partial charge in [0.25, 0.3) is 0 Å². The summed E-state index contributed by atoms with van der Waals surface area (Å²) in [6.07, 6.45) is 0.880. The molecule has 2 aliphatic rings. The number of rotatable bonds is 9. The van der Waals surface area contributed by atoms with Gasteiger partial charge in [0.2, 0.25) is 16.0 Å². The van der Waals surface area contributed by atoms with Crippen molar-refractivity contribution in [3.05, 3.63) is 40.4 Å². The van der Waals surface area contributed by atoms with Crippen LogP contribution in [0.25, 0.3) is 16.2 Å². The number of amides is 1. The number of likely N-dealkylation sites (tertiary alicyclic amines) is 1. The van der Waals surface area contributed by atoms with Gasteiger partial charge in [-0.05, 0) is 20.4 Å². The van der Waals surface area contributed by atoms with Gasteiger partial charge in [-0.1, -0.05) is 52.5 Å². The lowest BCUT2D eigenvalue weighted by atomic mass is 10.1. The first kappa shape index (κ1) is 28.5. The molecule has 1 aromatic carbocycles. The third-order valence-electron chi connectivity index (χ3n) is 7.89. The van der Waals surface area contributed by atoms with Crippen molar-refractivity contribution in [1.29, 1.82) is 5.26 Å². The molecule has 2 fully saturated rings. The number of benzene rings is 1. The summed E-state index contributed by atoms with van der Waals surface area (Å²) < 4.78 is 1.81. The molecule has 0 spiro atoms. The number of β-amino-alcohol motifs (C(OH)–C–C–N with tert-alkyl or cyclic N) is 1. The first-order chi connectivity index (χ1) is 20.2. The van der Waals surface area contributed by atoms with Crippen LogP contribution in [0.2, 0.25) is 0 Å². The van der Waals surface area contributed by atoms with Gasteiger partial charge in [-0.25, -0.2) is 9.97 Å². The van der Waals surface area contributed by atoms with Crippen molar-refractivity contribution < 1.29 is 15.0 Å². The van der Waals surface area contributed by atoms with Gasteiger partial charge in [0.05, 0.1) is 18.3 Å². The number of nitrogens with zero attached hydrogens (tertiary/aromatic N) is 9. The zero-order valence-electron chi connectivity index (χ0n) is 23.8. The summed E-state index contributed by atoms with van der Waals surface area (Å²) in [5, 5.41) is 35.5. The van der Waals surface area contributed by atoms with Crippen LogP contribution in [0.3, 0.4) is 0 Å². The van der Waals surface area contributed by atoms with Gasteiger partial charge in [-0.2, -0.15) is 9.78 Å². The number of carbonyl (C=O) groups excluding carboxylic acids is 1. The highest BCUT2D eigenvalue weighted by molar-refractivity contribution is 7.20. The summed E-state index contributed by atoms with van der Waals surface area (Å²) in [6.45, 7) is 4.70. The molecule has 42 heavy (non-hydrogen) atoms. The molecule has 0 bridgehead atoms. The second-order valence-electron chi connectivity index (χ2n) is 10.9. The highest BCUT2D eigenvalue weighted by Gasteiger charge is 2.33. The molecule has 0 aliphatic carbocycles. The predicted molar refractivity (Wildman–Crippen MR) is 163 cm³/mol. The SMILES string of the molecule is Cc1ccc(-c2nc(N(C)c3c(CCO)nc4sc(N5CC[C@@H](N(C)CC(=O)N6CC(O)C6)C5)nn34)sc2C#N)cc1. The van der Waals surface area contributed by atoms with Crippen molar-refractivity contribution in [2.45, 2.75) is 31.9 Å². The Morgan fingerprint density at radius 1 is 1.17 bits per heavy atom. The molecule has 1 atom stereocenters. The maximum absolute atomic E-state index is 12.5. The standard InChI is InChI=1S/C28H33N9O3S2/c1-17-4-6-18(7-5-17)24-22(12-29)41-26(31-24)34(3)25-21(9-11-38)30-27-37(25)32-28(42-27)35-10-8-19(13-35)33(2)16-23(40)36-14-20(39)15-36/h4-7,19-20,38-39H,8-11,13-16H2,1-3H3/t19-/m1/s1. The number of aromatic nitrogens is 4. The molecular formula is C28H33N9O3S2. The highest BCUT2D eigenvalue weighted by atomic mass is 32.1. The number of aryl methyl sites for hydroxylation is 1. The minimum absolute atomic E-state index is 0.0466. The first-order valence-electron chi connectivity index (χ1n) is 13.9. The topological polar surface area (TPSA) is 137 Å². The van der Waals surface area contributed by atoms with Crippen LogP contribution in [0.1, 0.15) is 22.6 Å². The number of likely N-dealkylation sites (N-methyl/N-ethyl adjacent to an activating group) is 1. The van der Waals surface area contributed by atoms with Crippen molar-refractivity contribution >= 4 is 49.6 Å². The van der Waals surface area contributed by atoms with Crippen LogP contribution >= 0.6 is 22.7 Å². The minimum atomic E-state index is -0.397. The number of fused-ring (bicyclic) bond motifs is 1. The summed E-state index contributed by atoms with van der Waals surface area (Å²) in [7, 11) is 3.86. The molecule has 12 nitrogen and oxygen atoms in total. The number of nitriles is 1. The van der Waals surface area contributed by atoms with Crippen LogP contribution in [0, 0.1) is 18.3 Å². The Hall–Kier alpha value is -3.61. The third-order valence-corrected chi connectivity index (χ3v) is 9.90. The second-order valence-corrected chi connectivity index (χ2v) is 12.8. The van der Waals surface area contributed by atoms with E-state index in [0.29, 0.717) is 53.3 Å². The summed E-state index contributed by atoms with van der Waals surface area (Å²) >= 11 is 2.81. The Balaban J connectivity index is 1.23. The molecule has 2 aliphatic heterocycles. The van der Waals surface area contributed by atoms with E-state index in [-0.39, 0.29) is 18.6 Å². The minimum Gasteiger partial charge on any atom is -0.396 e. The number of aliphatic hydroxyl groups excluding tert-OH is 2. The summed E-state index contributed by atoms with van der Waals surface area (Å²) in [5.74, 6) is 0.760. The molecule has 14 heteroatoms. The van der Waals surface area contributed by atoms with E-state index >= 15 is 0 Å². The fraction of sp³-hybridized carbons (Fsp3) is 0.464. The number of carbonyl (C=O) groups is 1. The number of hydrogen-bond donors (Lipinski definition) is 2. The Morgan fingerprint density at radius 2 is 1.93 bits per heavy atom. The fourth-order valence-electron chi connectivity index (χ4n) is 5.41. The molecule has 2 N–H and O–H groups in total. The van der Waals surface area contributed by atoms with E-state index in [1.807, 2.05) is 50.2 Å². The van der Waals surface area contributed by atoms with Gasteiger partial charge >= 0.3 is 0 Å². The van der Waals surface area contributed by atoms with Gasteiger partial charge in [0.15, 0.2) is 10.9 Å². The number of anilines is 3. The van der Waals surface area contributed by atoms with Gasteiger partial charge in [0.1, 0.15) is 16.6 Å². The largest absolute Gasteiger partial charge is 0.396 e. The van der Waals surface area contributed by atoms with Crippen LogP contribution in [0.15, 0.2) is 24.3 Å². The summed E-state index contributed by atoms with van der Waals surface area (Å²) in [4.78, 5) is 31.3. The van der Waals surface area contributed by atoms with Crippen molar-refractivity contribution in [3.8, 4) is 17.3 Å². The van der Waals surface area contributed by atoms with Gasteiger partial charge in [0, 0.05) is 57.9 Å². The van der Waals surface area contributed by atoms with Crippen molar-refractivity contribution in [1.82, 2.24) is 29.4 Å². The molecule has 0 radical (unpaired) electrons. The average Bonchev–Trinajstić information content (AvgIpc) is 3.74. The molecule has 220 valence electrons. The maximum atomic E-state index is 12.5. The van der Waals surface area contributed by atoms with E-state index in [2.05, 4.69) is 15.9 Å². The number of imidazole rings is 1.